The van der Waals surface area contributed by atoms with E-state index in [-0.39, 0.29) is 5.56 Å². The topological polar surface area (TPSA) is 22.0 Å². The van der Waals surface area contributed by atoms with Crippen LogP contribution in [0.15, 0.2) is 16.9 Å². The quantitative estimate of drug-likeness (QED) is 0.566. The van der Waals surface area contributed by atoms with E-state index in [4.69, 9.17) is 0 Å². The minimum atomic E-state index is 0.161. The summed E-state index contributed by atoms with van der Waals surface area (Å²) in [5.41, 5.74) is 2.45. The van der Waals surface area contributed by atoms with Crippen LogP contribution >= 0.6 is 0 Å². The van der Waals surface area contributed by atoms with Crippen molar-refractivity contribution in [2.75, 3.05) is 0 Å². The van der Waals surface area contributed by atoms with Crippen LogP contribution in [0.1, 0.15) is 18.2 Å². The summed E-state index contributed by atoms with van der Waals surface area (Å²) in [4.78, 5) is 11.4. The first-order valence-corrected chi connectivity index (χ1v) is 4.37. The van der Waals surface area contributed by atoms with E-state index in [2.05, 4.69) is 13.0 Å². The molecule has 0 aromatic carbocycles. The van der Waals surface area contributed by atoms with Crippen LogP contribution in [-0.4, -0.2) is 4.57 Å². The zero-order valence-corrected chi connectivity index (χ0v) is 7.50. The van der Waals surface area contributed by atoms with E-state index in [1.54, 1.807) is 6.07 Å². The van der Waals surface area contributed by atoms with Gasteiger partial charge in [-0.3, -0.25) is 4.79 Å². The molecular weight excluding hydrogens is 150 g/mol. The fourth-order valence-electron chi connectivity index (χ4n) is 1.91. The third kappa shape index (κ3) is 1.07. The first-order valence-electron chi connectivity index (χ1n) is 4.37. The second-order valence-corrected chi connectivity index (χ2v) is 3.78. The van der Waals surface area contributed by atoms with Gasteiger partial charge in [-0.25, -0.2) is 0 Å². The van der Waals surface area contributed by atoms with Gasteiger partial charge >= 0.3 is 0 Å². The lowest BCUT2D eigenvalue weighted by Crippen LogP contribution is -2.18. The molecule has 0 saturated carbocycles. The van der Waals surface area contributed by atoms with Crippen LogP contribution in [0.5, 0.6) is 0 Å². The van der Waals surface area contributed by atoms with Gasteiger partial charge in [0.05, 0.1) is 0 Å². The van der Waals surface area contributed by atoms with Crippen LogP contribution in [0.25, 0.3) is 0 Å². The Morgan fingerprint density at radius 1 is 1.50 bits per heavy atom. The molecule has 2 nitrogen and oxygen atoms in total. The van der Waals surface area contributed by atoms with Gasteiger partial charge in [-0.2, -0.15) is 0 Å². The van der Waals surface area contributed by atoms with Gasteiger partial charge in [0.1, 0.15) is 0 Å². The molecule has 0 spiro atoms. The van der Waals surface area contributed by atoms with Crippen molar-refractivity contribution in [2.24, 2.45) is 5.92 Å². The van der Waals surface area contributed by atoms with Gasteiger partial charge in [-0.05, 0) is 30.9 Å². The molecule has 0 N–H and O–H groups in total. The molecule has 2 heterocycles. The molecular formula is C10H13NO. The fraction of sp³-hybridized carbons (Fsp3) is 0.500. The summed E-state index contributed by atoms with van der Waals surface area (Å²) in [5.74, 6) is 0.625. The number of hydrogen-bond donors (Lipinski definition) is 0. The fourth-order valence-corrected chi connectivity index (χ4v) is 1.91. The van der Waals surface area contributed by atoms with E-state index in [0.717, 1.165) is 18.5 Å². The molecule has 1 aliphatic heterocycles. The van der Waals surface area contributed by atoms with Gasteiger partial charge in [0.25, 0.3) is 5.56 Å². The molecule has 0 aliphatic carbocycles. The first-order chi connectivity index (χ1) is 5.66. The highest BCUT2D eigenvalue weighted by Crippen LogP contribution is 2.17. The van der Waals surface area contributed by atoms with Crippen molar-refractivity contribution < 1.29 is 0 Å². The summed E-state index contributed by atoms with van der Waals surface area (Å²) in [6, 6.07) is 3.83. The minimum Gasteiger partial charge on any atom is -0.312 e. The maximum Gasteiger partial charge on any atom is 0.250 e. The van der Waals surface area contributed by atoms with E-state index in [1.165, 1.54) is 5.69 Å². The average Bonchev–Trinajstić information content (AvgIpc) is 2.29. The monoisotopic (exact) mass is 163 g/mol. The molecule has 1 atom stereocenters. The lowest BCUT2D eigenvalue weighted by atomic mass is 10.1. The second kappa shape index (κ2) is 2.47. The Bertz CT molecular complexity index is 365. The molecule has 1 unspecified atom stereocenters. The van der Waals surface area contributed by atoms with Gasteiger partial charge in [-0.15, -0.1) is 0 Å². The van der Waals surface area contributed by atoms with Crippen molar-refractivity contribution in [2.45, 2.75) is 26.8 Å². The number of pyridine rings is 1. The Morgan fingerprint density at radius 3 is 3.00 bits per heavy atom. The van der Waals surface area contributed by atoms with Crippen molar-refractivity contribution in [3.8, 4) is 0 Å². The number of nitrogens with zero attached hydrogens (tertiary/aromatic N) is 1. The lowest BCUT2D eigenvalue weighted by Gasteiger charge is -2.01. The van der Waals surface area contributed by atoms with Crippen molar-refractivity contribution in [3.05, 3.63) is 33.7 Å². The maximum atomic E-state index is 11.4. The highest BCUT2D eigenvalue weighted by Gasteiger charge is 2.17. The standard InChI is InChI=1S/C10H13NO/c1-7-3-9-4-8(2)6-11(9)10(12)5-7/h3,5,8H,4,6H2,1-2H3. The second-order valence-electron chi connectivity index (χ2n) is 3.78. The van der Waals surface area contributed by atoms with E-state index in [1.807, 2.05) is 11.5 Å². The van der Waals surface area contributed by atoms with Crippen LogP contribution in [-0.2, 0) is 13.0 Å². The first kappa shape index (κ1) is 7.59. The lowest BCUT2D eigenvalue weighted by molar-refractivity contribution is 0.557. The highest BCUT2D eigenvalue weighted by atomic mass is 16.1. The molecule has 12 heavy (non-hydrogen) atoms. The summed E-state index contributed by atoms with van der Waals surface area (Å²) < 4.78 is 1.89. The van der Waals surface area contributed by atoms with Crippen molar-refractivity contribution in [3.63, 3.8) is 0 Å². The van der Waals surface area contributed by atoms with Crippen LogP contribution < -0.4 is 5.56 Å². The summed E-state index contributed by atoms with van der Waals surface area (Å²) in [6.45, 7) is 5.06. The number of aromatic nitrogens is 1. The third-order valence-electron chi connectivity index (χ3n) is 2.41. The molecule has 1 aliphatic rings. The maximum absolute atomic E-state index is 11.4. The van der Waals surface area contributed by atoms with Crippen LogP contribution in [0.4, 0.5) is 0 Å². The SMILES string of the molecule is Cc1cc2n(c(=O)c1)CC(C)C2. The molecule has 0 amide bonds. The van der Waals surface area contributed by atoms with Gasteiger partial charge < -0.3 is 4.57 Å². The predicted octanol–water partition coefficient (Wildman–Crippen LogP) is 1.35. The van der Waals surface area contributed by atoms with Gasteiger partial charge in [0.15, 0.2) is 0 Å². The van der Waals surface area contributed by atoms with Crippen molar-refractivity contribution >= 4 is 0 Å². The Hall–Kier alpha value is -1.05. The van der Waals surface area contributed by atoms with Gasteiger partial charge in [0.2, 0.25) is 0 Å². The summed E-state index contributed by atoms with van der Waals surface area (Å²) in [7, 11) is 0. The number of fused-ring (bicyclic) bond motifs is 1. The molecule has 0 bridgehead atoms. The van der Waals surface area contributed by atoms with E-state index in [9.17, 15) is 4.79 Å². The molecule has 0 saturated heterocycles. The van der Waals surface area contributed by atoms with Crippen LogP contribution in [0.2, 0.25) is 0 Å². The smallest absolute Gasteiger partial charge is 0.250 e. The third-order valence-corrected chi connectivity index (χ3v) is 2.41. The zero-order valence-electron chi connectivity index (χ0n) is 7.50. The van der Waals surface area contributed by atoms with E-state index >= 15 is 0 Å². The summed E-state index contributed by atoms with van der Waals surface area (Å²) in [6.07, 6.45) is 1.05. The van der Waals surface area contributed by atoms with E-state index in [0.29, 0.717) is 5.92 Å². The van der Waals surface area contributed by atoms with Crippen LogP contribution in [0, 0.1) is 12.8 Å². The molecule has 0 radical (unpaired) electrons. The highest BCUT2D eigenvalue weighted by molar-refractivity contribution is 5.18. The van der Waals surface area contributed by atoms with Crippen molar-refractivity contribution in [1.82, 2.24) is 4.57 Å². The molecule has 1 aromatic heterocycles. The molecule has 0 fully saturated rings. The molecule has 64 valence electrons. The summed E-state index contributed by atoms with van der Waals surface area (Å²) >= 11 is 0. The number of aryl methyl sites for hydroxylation is 1. The Morgan fingerprint density at radius 2 is 2.25 bits per heavy atom. The Kier molecular flexibility index (Phi) is 1.56. The normalized spacial score (nSPS) is 21.0. The number of rotatable bonds is 0. The Balaban J connectivity index is 2.60. The molecule has 2 rings (SSSR count). The van der Waals surface area contributed by atoms with Gasteiger partial charge in [-0.1, -0.05) is 6.92 Å². The van der Waals surface area contributed by atoms with Gasteiger partial charge in [0, 0.05) is 18.3 Å². The number of hydrogen-bond acceptors (Lipinski definition) is 1. The zero-order chi connectivity index (χ0) is 8.72. The minimum absolute atomic E-state index is 0.161. The summed E-state index contributed by atoms with van der Waals surface area (Å²) in [5, 5.41) is 0. The van der Waals surface area contributed by atoms with E-state index < -0.39 is 0 Å². The average molecular weight is 163 g/mol. The predicted molar refractivity (Wildman–Crippen MR) is 48.3 cm³/mol. The van der Waals surface area contributed by atoms with Crippen molar-refractivity contribution in [1.29, 1.82) is 0 Å². The largest absolute Gasteiger partial charge is 0.312 e. The molecule has 2 heteroatoms. The Labute approximate surface area is 71.8 Å². The molecule has 1 aromatic rings. The van der Waals surface area contributed by atoms with Crippen LogP contribution in [0.3, 0.4) is 0 Å².